The number of aromatic nitrogens is 1. The first-order chi connectivity index (χ1) is 12.6. The van der Waals surface area contributed by atoms with Gasteiger partial charge in [-0.15, -0.1) is 0 Å². The summed E-state index contributed by atoms with van der Waals surface area (Å²) < 4.78 is 19.4. The average Bonchev–Trinajstić information content (AvgIpc) is 2.66. The quantitative estimate of drug-likeness (QED) is 0.829. The molecule has 3 N–H and O–H groups in total. The molecule has 2 aromatic rings. The molecule has 138 valence electrons. The Hall–Kier alpha value is -2.63. The number of hydrogen-bond donors (Lipinski definition) is 2. The molecule has 0 spiro atoms. The van der Waals surface area contributed by atoms with Crippen LogP contribution in [-0.4, -0.2) is 24.0 Å². The van der Waals surface area contributed by atoms with E-state index in [1.165, 1.54) is 44.2 Å². The van der Waals surface area contributed by atoms with E-state index in [1.54, 1.807) is 24.4 Å². The van der Waals surface area contributed by atoms with Crippen molar-refractivity contribution in [1.29, 1.82) is 0 Å². The Morgan fingerprint density at radius 2 is 2.00 bits per heavy atom. The number of nitrogens with one attached hydrogen (secondary N) is 1. The molecular weight excluding hydrogens is 333 g/mol. The Morgan fingerprint density at radius 3 is 2.73 bits per heavy atom. The van der Waals surface area contributed by atoms with E-state index < -0.39 is 5.82 Å². The normalized spacial score (nSPS) is 14.8. The van der Waals surface area contributed by atoms with Crippen LogP contribution in [0.2, 0.25) is 0 Å². The van der Waals surface area contributed by atoms with Crippen LogP contribution in [-0.2, 0) is 4.79 Å². The van der Waals surface area contributed by atoms with Crippen molar-refractivity contribution in [2.45, 2.75) is 32.1 Å². The van der Waals surface area contributed by atoms with Crippen LogP contribution in [0.3, 0.4) is 0 Å². The summed E-state index contributed by atoms with van der Waals surface area (Å²) in [4.78, 5) is 16.0. The fraction of sp³-hybridized carbons (Fsp3) is 0.400. The third kappa shape index (κ3) is 5.18. The van der Waals surface area contributed by atoms with E-state index in [0.29, 0.717) is 29.6 Å². The van der Waals surface area contributed by atoms with Crippen molar-refractivity contribution in [2.24, 2.45) is 5.92 Å². The number of hydrogen-bond acceptors (Lipinski definition) is 4. The number of ether oxygens (including phenoxy) is 1. The molecule has 1 saturated carbocycles. The van der Waals surface area contributed by atoms with Gasteiger partial charge in [0.1, 0.15) is 17.4 Å². The van der Waals surface area contributed by atoms with Gasteiger partial charge in [-0.1, -0.05) is 19.3 Å². The van der Waals surface area contributed by atoms with Crippen molar-refractivity contribution in [3.05, 3.63) is 42.3 Å². The first-order valence-corrected chi connectivity index (χ1v) is 9.02. The van der Waals surface area contributed by atoms with Crippen LogP contribution >= 0.6 is 0 Å². The minimum Gasteiger partial charge on any atom is -0.484 e. The zero-order valence-corrected chi connectivity index (χ0v) is 14.7. The molecule has 0 aliphatic heterocycles. The third-order valence-corrected chi connectivity index (χ3v) is 4.67. The Morgan fingerprint density at radius 1 is 1.19 bits per heavy atom. The highest BCUT2D eigenvalue weighted by Gasteiger charge is 2.14. The number of pyridine rings is 1. The van der Waals surface area contributed by atoms with Crippen LogP contribution in [0.25, 0.3) is 11.1 Å². The molecular formula is C20H24FN3O2. The van der Waals surface area contributed by atoms with E-state index in [0.717, 1.165) is 5.56 Å². The number of anilines is 1. The van der Waals surface area contributed by atoms with Gasteiger partial charge in [-0.25, -0.2) is 9.37 Å². The van der Waals surface area contributed by atoms with Crippen LogP contribution in [0.1, 0.15) is 32.1 Å². The van der Waals surface area contributed by atoms with Gasteiger partial charge in [-0.2, -0.15) is 0 Å². The Bertz CT molecular complexity index is 743. The summed E-state index contributed by atoms with van der Waals surface area (Å²) in [5, 5.41) is 2.91. The maximum Gasteiger partial charge on any atom is 0.257 e. The minimum atomic E-state index is -0.433. The van der Waals surface area contributed by atoms with Gasteiger partial charge in [-0.3, -0.25) is 4.79 Å². The van der Waals surface area contributed by atoms with Crippen molar-refractivity contribution in [3.63, 3.8) is 0 Å². The molecule has 1 amide bonds. The van der Waals surface area contributed by atoms with Gasteiger partial charge >= 0.3 is 0 Å². The van der Waals surface area contributed by atoms with Crippen LogP contribution in [0.5, 0.6) is 5.75 Å². The molecule has 26 heavy (non-hydrogen) atoms. The second-order valence-electron chi connectivity index (χ2n) is 6.74. The van der Waals surface area contributed by atoms with E-state index in [9.17, 15) is 9.18 Å². The lowest BCUT2D eigenvalue weighted by Gasteiger charge is -2.21. The molecule has 0 atom stereocenters. The van der Waals surface area contributed by atoms with Crippen molar-refractivity contribution in [2.75, 3.05) is 18.9 Å². The van der Waals surface area contributed by atoms with Crippen LogP contribution in [0.4, 0.5) is 10.2 Å². The zero-order chi connectivity index (χ0) is 18.4. The highest BCUT2D eigenvalue weighted by Crippen LogP contribution is 2.26. The lowest BCUT2D eigenvalue weighted by Crippen LogP contribution is -2.33. The smallest absolute Gasteiger partial charge is 0.257 e. The summed E-state index contributed by atoms with van der Waals surface area (Å²) in [6.07, 6.45) is 7.68. The number of carbonyl (C=O) groups is 1. The van der Waals surface area contributed by atoms with Crippen LogP contribution in [0, 0.1) is 11.7 Å². The molecule has 1 aromatic carbocycles. The molecule has 1 aliphatic rings. The summed E-state index contributed by atoms with van der Waals surface area (Å²) in [6.45, 7) is 0.559. The molecule has 1 aliphatic carbocycles. The van der Waals surface area contributed by atoms with Crippen LogP contribution < -0.4 is 15.8 Å². The maximum atomic E-state index is 13.9. The van der Waals surface area contributed by atoms with Gasteiger partial charge in [0.25, 0.3) is 5.91 Å². The predicted octanol–water partition coefficient (Wildman–Crippen LogP) is 3.55. The van der Waals surface area contributed by atoms with Gasteiger partial charge < -0.3 is 15.8 Å². The molecule has 5 nitrogen and oxygen atoms in total. The summed E-state index contributed by atoms with van der Waals surface area (Å²) in [6, 6.07) is 7.76. The van der Waals surface area contributed by atoms with Gasteiger partial charge in [-0.05, 0) is 48.6 Å². The number of nitrogen functional groups attached to an aromatic ring is 1. The topological polar surface area (TPSA) is 77.2 Å². The number of benzene rings is 1. The largest absolute Gasteiger partial charge is 0.484 e. The molecule has 3 rings (SSSR count). The number of nitrogens with two attached hydrogens (primary N) is 1. The zero-order valence-electron chi connectivity index (χ0n) is 14.7. The van der Waals surface area contributed by atoms with Crippen molar-refractivity contribution < 1.29 is 13.9 Å². The molecule has 0 radical (unpaired) electrons. The van der Waals surface area contributed by atoms with E-state index >= 15 is 0 Å². The van der Waals surface area contributed by atoms with Gasteiger partial charge in [0.15, 0.2) is 6.61 Å². The highest BCUT2D eigenvalue weighted by molar-refractivity contribution is 5.77. The Labute approximate surface area is 152 Å². The molecule has 6 heteroatoms. The van der Waals surface area contributed by atoms with E-state index in [1.807, 2.05) is 0 Å². The second kappa shape index (κ2) is 8.65. The van der Waals surface area contributed by atoms with E-state index in [2.05, 4.69) is 10.3 Å². The monoisotopic (exact) mass is 357 g/mol. The summed E-state index contributed by atoms with van der Waals surface area (Å²) in [5.41, 5.74) is 6.92. The van der Waals surface area contributed by atoms with Gasteiger partial charge in [0.2, 0.25) is 0 Å². The SMILES string of the molecule is Nc1ccc(-c2cc(F)cc(OCC(=O)NCC3CCCCC3)c2)cn1. The van der Waals surface area contributed by atoms with Crippen molar-refractivity contribution in [1.82, 2.24) is 10.3 Å². The maximum absolute atomic E-state index is 13.9. The molecule has 0 bridgehead atoms. The predicted molar refractivity (Wildman–Crippen MR) is 99.1 cm³/mol. The molecule has 1 fully saturated rings. The first kappa shape index (κ1) is 18.2. The molecule has 1 heterocycles. The third-order valence-electron chi connectivity index (χ3n) is 4.67. The average molecular weight is 357 g/mol. The summed E-state index contributed by atoms with van der Waals surface area (Å²) in [7, 11) is 0. The lowest BCUT2D eigenvalue weighted by atomic mass is 9.89. The lowest BCUT2D eigenvalue weighted by molar-refractivity contribution is -0.123. The number of halogens is 1. The summed E-state index contributed by atoms with van der Waals surface area (Å²) in [5.74, 6) is 0.653. The molecule has 0 saturated heterocycles. The minimum absolute atomic E-state index is 0.129. The van der Waals surface area contributed by atoms with Gasteiger partial charge in [0.05, 0.1) is 0 Å². The number of carbonyl (C=O) groups excluding carboxylic acids is 1. The van der Waals surface area contributed by atoms with Crippen molar-refractivity contribution in [3.8, 4) is 16.9 Å². The number of rotatable bonds is 6. The van der Waals surface area contributed by atoms with E-state index in [-0.39, 0.29) is 12.5 Å². The fourth-order valence-electron chi connectivity index (χ4n) is 3.24. The second-order valence-corrected chi connectivity index (χ2v) is 6.74. The summed E-state index contributed by atoms with van der Waals surface area (Å²) >= 11 is 0. The highest BCUT2D eigenvalue weighted by atomic mass is 19.1. The Balaban J connectivity index is 1.55. The Kier molecular flexibility index (Phi) is 6.04. The first-order valence-electron chi connectivity index (χ1n) is 9.02. The molecule has 1 aromatic heterocycles. The number of nitrogens with zero attached hydrogens (tertiary/aromatic N) is 1. The number of amides is 1. The van der Waals surface area contributed by atoms with Crippen LogP contribution in [0.15, 0.2) is 36.5 Å². The molecule has 0 unspecified atom stereocenters. The van der Waals surface area contributed by atoms with E-state index in [4.69, 9.17) is 10.5 Å². The van der Waals surface area contributed by atoms with Gasteiger partial charge in [0, 0.05) is 24.4 Å². The fourth-order valence-corrected chi connectivity index (χ4v) is 3.24. The standard InChI is InChI=1S/C20H24FN3O2/c21-17-8-16(15-6-7-19(22)23-12-15)9-18(10-17)26-13-20(25)24-11-14-4-2-1-3-5-14/h6-10,12,14H,1-5,11,13H2,(H2,22,23)(H,24,25). The van der Waals surface area contributed by atoms with Crippen molar-refractivity contribution >= 4 is 11.7 Å².